The Morgan fingerprint density at radius 3 is 2.91 bits per heavy atom. The maximum atomic E-state index is 10.7. The fourth-order valence-corrected chi connectivity index (χ4v) is 0.661. The van der Waals surface area contributed by atoms with Crippen LogP contribution in [0.25, 0.3) is 0 Å². The second-order valence-corrected chi connectivity index (χ2v) is 2.08. The van der Waals surface area contributed by atoms with E-state index in [-0.39, 0.29) is 6.03 Å². The number of nitrogens with one attached hydrogen (secondary N) is 2. The van der Waals surface area contributed by atoms with Crippen molar-refractivity contribution in [2.24, 2.45) is 7.05 Å². The molecule has 0 spiro atoms. The average Bonchev–Trinajstić information content (AvgIpc) is 2.35. The number of nitrogens with zero attached hydrogens (tertiary/aromatic N) is 2. The van der Waals surface area contributed by atoms with Gasteiger partial charge in [-0.25, -0.2) is 4.79 Å². The van der Waals surface area contributed by atoms with Crippen molar-refractivity contribution in [2.45, 2.75) is 0 Å². The SMILES string of the molecule is CNC(=O)Nc1ccn(C)n1. The van der Waals surface area contributed by atoms with Crippen LogP contribution >= 0.6 is 0 Å². The minimum absolute atomic E-state index is 0.260. The lowest BCUT2D eigenvalue weighted by Gasteiger charge is -1.97. The highest BCUT2D eigenvalue weighted by Gasteiger charge is 1.99. The Labute approximate surface area is 64.4 Å². The standard InChI is InChI=1S/C6H10N4O/c1-7-6(11)8-5-3-4-10(2)9-5/h3-4H,1-2H3,(H2,7,8,9,11). The Hall–Kier alpha value is -1.52. The number of rotatable bonds is 1. The second kappa shape index (κ2) is 3.05. The van der Waals surface area contributed by atoms with Gasteiger partial charge in [-0.05, 0) is 0 Å². The monoisotopic (exact) mass is 154 g/mol. The summed E-state index contributed by atoms with van der Waals surface area (Å²) >= 11 is 0. The van der Waals surface area contributed by atoms with Crippen LogP contribution in [0.3, 0.4) is 0 Å². The third-order valence-electron chi connectivity index (χ3n) is 1.18. The average molecular weight is 154 g/mol. The minimum Gasteiger partial charge on any atom is -0.341 e. The summed E-state index contributed by atoms with van der Waals surface area (Å²) in [6, 6.07) is 1.46. The summed E-state index contributed by atoms with van der Waals surface area (Å²) < 4.78 is 1.62. The van der Waals surface area contributed by atoms with E-state index in [0.29, 0.717) is 5.82 Å². The first-order valence-electron chi connectivity index (χ1n) is 3.21. The van der Waals surface area contributed by atoms with Gasteiger partial charge in [0.05, 0.1) is 0 Å². The quantitative estimate of drug-likeness (QED) is 0.605. The van der Waals surface area contributed by atoms with Crippen LogP contribution < -0.4 is 10.6 Å². The van der Waals surface area contributed by atoms with Crippen molar-refractivity contribution in [2.75, 3.05) is 12.4 Å². The predicted molar refractivity (Wildman–Crippen MR) is 41.3 cm³/mol. The molecule has 0 aliphatic carbocycles. The molecule has 0 saturated heterocycles. The zero-order chi connectivity index (χ0) is 8.27. The van der Waals surface area contributed by atoms with Gasteiger partial charge in [0.1, 0.15) is 0 Å². The molecule has 0 unspecified atom stereocenters. The van der Waals surface area contributed by atoms with Crippen molar-refractivity contribution in [3.05, 3.63) is 12.3 Å². The molecule has 0 radical (unpaired) electrons. The summed E-state index contributed by atoms with van der Waals surface area (Å²) in [6.45, 7) is 0. The molecular formula is C6H10N4O. The van der Waals surface area contributed by atoms with Crippen molar-refractivity contribution in [1.29, 1.82) is 0 Å². The van der Waals surface area contributed by atoms with Crippen LogP contribution in [-0.4, -0.2) is 22.9 Å². The number of anilines is 1. The summed E-state index contributed by atoms with van der Waals surface area (Å²) in [5, 5.41) is 8.90. The van der Waals surface area contributed by atoms with E-state index in [0.717, 1.165) is 0 Å². The van der Waals surface area contributed by atoms with Gasteiger partial charge in [-0.15, -0.1) is 0 Å². The Morgan fingerprint density at radius 2 is 2.45 bits per heavy atom. The molecule has 11 heavy (non-hydrogen) atoms. The van der Waals surface area contributed by atoms with Crippen molar-refractivity contribution in [1.82, 2.24) is 15.1 Å². The Morgan fingerprint density at radius 1 is 1.73 bits per heavy atom. The third-order valence-corrected chi connectivity index (χ3v) is 1.18. The summed E-state index contributed by atoms with van der Waals surface area (Å²) in [5.41, 5.74) is 0. The second-order valence-electron chi connectivity index (χ2n) is 2.08. The molecule has 0 aliphatic rings. The first-order valence-corrected chi connectivity index (χ1v) is 3.21. The fourth-order valence-electron chi connectivity index (χ4n) is 0.661. The summed E-state index contributed by atoms with van der Waals surface area (Å²) in [5.74, 6) is 0.548. The number of carbonyl (C=O) groups is 1. The van der Waals surface area contributed by atoms with E-state index in [1.807, 2.05) is 0 Å². The Balaban J connectivity index is 2.57. The zero-order valence-corrected chi connectivity index (χ0v) is 6.46. The van der Waals surface area contributed by atoms with Gasteiger partial charge in [0.15, 0.2) is 5.82 Å². The number of aryl methyl sites for hydroxylation is 1. The normalized spacial score (nSPS) is 9.27. The van der Waals surface area contributed by atoms with Crippen LogP contribution in [0.1, 0.15) is 0 Å². The van der Waals surface area contributed by atoms with Crippen LogP contribution in [0, 0.1) is 0 Å². The minimum atomic E-state index is -0.260. The first kappa shape index (κ1) is 7.59. The van der Waals surface area contributed by atoms with Crippen LogP contribution in [0.5, 0.6) is 0 Å². The van der Waals surface area contributed by atoms with Crippen molar-refractivity contribution >= 4 is 11.8 Å². The smallest absolute Gasteiger partial charge is 0.320 e. The van der Waals surface area contributed by atoms with Crippen LogP contribution in [0.15, 0.2) is 12.3 Å². The molecule has 5 nitrogen and oxygen atoms in total. The number of hydrogen-bond donors (Lipinski definition) is 2. The molecule has 0 fully saturated rings. The van der Waals surface area contributed by atoms with Gasteiger partial charge in [0.25, 0.3) is 0 Å². The molecular weight excluding hydrogens is 144 g/mol. The molecule has 1 aromatic heterocycles. The van der Waals surface area contributed by atoms with Crippen molar-refractivity contribution in [3.8, 4) is 0 Å². The fraction of sp³-hybridized carbons (Fsp3) is 0.333. The van der Waals surface area contributed by atoms with Gasteiger partial charge in [0.2, 0.25) is 0 Å². The molecule has 5 heteroatoms. The Kier molecular flexibility index (Phi) is 2.10. The van der Waals surface area contributed by atoms with E-state index < -0.39 is 0 Å². The molecule has 2 N–H and O–H groups in total. The number of hydrogen-bond acceptors (Lipinski definition) is 2. The van der Waals surface area contributed by atoms with Crippen LogP contribution in [0.2, 0.25) is 0 Å². The van der Waals surface area contributed by atoms with Gasteiger partial charge in [-0.1, -0.05) is 0 Å². The summed E-state index contributed by atoms with van der Waals surface area (Å²) in [7, 11) is 3.34. The predicted octanol–water partition coefficient (Wildman–Crippen LogP) is 0.171. The number of urea groups is 1. The molecule has 0 atom stereocenters. The first-order chi connectivity index (χ1) is 5.22. The lowest BCUT2D eigenvalue weighted by molar-refractivity contribution is 0.254. The molecule has 0 bridgehead atoms. The summed E-state index contributed by atoms with van der Waals surface area (Å²) in [6.07, 6.45) is 1.76. The highest BCUT2D eigenvalue weighted by Crippen LogP contribution is 1.99. The van der Waals surface area contributed by atoms with Gasteiger partial charge >= 0.3 is 6.03 Å². The van der Waals surface area contributed by atoms with Gasteiger partial charge in [0, 0.05) is 26.4 Å². The lowest BCUT2D eigenvalue weighted by Crippen LogP contribution is -2.24. The Bertz CT molecular complexity index is 255. The molecule has 60 valence electrons. The number of amides is 2. The summed E-state index contributed by atoms with van der Waals surface area (Å²) in [4.78, 5) is 10.7. The van der Waals surface area contributed by atoms with Crippen molar-refractivity contribution < 1.29 is 4.79 Å². The molecule has 0 aromatic carbocycles. The molecule has 1 aromatic rings. The van der Waals surface area contributed by atoms with E-state index >= 15 is 0 Å². The van der Waals surface area contributed by atoms with Gasteiger partial charge in [-0.2, -0.15) is 5.10 Å². The largest absolute Gasteiger partial charge is 0.341 e. The van der Waals surface area contributed by atoms with E-state index in [4.69, 9.17) is 0 Å². The highest BCUT2D eigenvalue weighted by atomic mass is 16.2. The van der Waals surface area contributed by atoms with E-state index in [9.17, 15) is 4.79 Å². The molecule has 0 saturated carbocycles. The van der Waals surface area contributed by atoms with E-state index in [2.05, 4.69) is 15.7 Å². The van der Waals surface area contributed by atoms with E-state index in [1.54, 1.807) is 31.0 Å². The van der Waals surface area contributed by atoms with Crippen LogP contribution in [-0.2, 0) is 7.05 Å². The van der Waals surface area contributed by atoms with E-state index in [1.165, 1.54) is 0 Å². The molecule has 1 rings (SSSR count). The molecule has 1 heterocycles. The maximum absolute atomic E-state index is 10.7. The third kappa shape index (κ3) is 1.96. The van der Waals surface area contributed by atoms with Gasteiger partial charge < -0.3 is 5.32 Å². The number of carbonyl (C=O) groups excluding carboxylic acids is 1. The molecule has 2 amide bonds. The van der Waals surface area contributed by atoms with Gasteiger partial charge in [-0.3, -0.25) is 10.00 Å². The van der Waals surface area contributed by atoms with Crippen molar-refractivity contribution in [3.63, 3.8) is 0 Å². The zero-order valence-electron chi connectivity index (χ0n) is 6.46. The highest BCUT2D eigenvalue weighted by molar-refractivity contribution is 5.87. The maximum Gasteiger partial charge on any atom is 0.320 e. The number of aromatic nitrogens is 2. The molecule has 0 aliphatic heterocycles. The lowest BCUT2D eigenvalue weighted by atomic mass is 10.6. The van der Waals surface area contributed by atoms with Crippen LogP contribution in [0.4, 0.5) is 10.6 Å². The topological polar surface area (TPSA) is 59.0 Å².